The number of nitro groups is 1. The molecule has 0 aromatic heterocycles. The Kier molecular flexibility index (Phi) is 4.25. The second-order valence-corrected chi connectivity index (χ2v) is 7.36. The van der Waals surface area contributed by atoms with Gasteiger partial charge in [0.15, 0.2) is 5.41 Å². The minimum atomic E-state index is -1.68. The van der Waals surface area contributed by atoms with Crippen LogP contribution in [0.2, 0.25) is 0 Å². The fourth-order valence-electron chi connectivity index (χ4n) is 4.50. The lowest BCUT2D eigenvalue weighted by atomic mass is 9.68. The van der Waals surface area contributed by atoms with E-state index in [2.05, 4.69) is 10.6 Å². The molecular weight excluding hydrogens is 382 g/mol. The van der Waals surface area contributed by atoms with E-state index >= 15 is 0 Å². The van der Waals surface area contributed by atoms with Crippen molar-refractivity contribution in [3.8, 4) is 0 Å². The van der Waals surface area contributed by atoms with Crippen LogP contribution in [0.25, 0.3) is 0 Å². The number of hydrogen-bond acceptors (Lipinski definition) is 7. The zero-order chi connectivity index (χ0) is 20.9. The van der Waals surface area contributed by atoms with E-state index in [4.69, 9.17) is 0 Å². The molecule has 0 saturated carbocycles. The fourth-order valence-corrected chi connectivity index (χ4v) is 4.50. The van der Waals surface area contributed by atoms with Gasteiger partial charge in [0.25, 0.3) is 5.69 Å². The Labute approximate surface area is 165 Å². The molecule has 0 radical (unpaired) electrons. The molecule has 5 amide bonds. The lowest BCUT2D eigenvalue weighted by molar-refractivity contribution is -0.384. The standard InChI is InChI=1S/C18H19N5O6/c1-2-14(24)21-5-6-22-12-4-3-11(23(28)29)7-10(12)8-18(13(22)9-21)15(25)19-17(27)20-16(18)26/h3-4,7,13H,2,5-6,8-9H2,1H3,(H2,19,20,25,26,27)/t13-/m0/s1. The quantitative estimate of drug-likeness (QED) is 0.401. The zero-order valence-corrected chi connectivity index (χ0v) is 15.6. The summed E-state index contributed by atoms with van der Waals surface area (Å²) in [5.74, 6) is -1.62. The molecule has 2 saturated heterocycles. The van der Waals surface area contributed by atoms with Crippen LogP contribution in [0.4, 0.5) is 16.2 Å². The summed E-state index contributed by atoms with van der Waals surface area (Å²) in [5, 5.41) is 15.5. The Hall–Kier alpha value is -3.50. The number of hydrogen-bond donors (Lipinski definition) is 2. The zero-order valence-electron chi connectivity index (χ0n) is 15.6. The minimum Gasteiger partial charge on any atom is -0.363 e. The van der Waals surface area contributed by atoms with E-state index in [-0.39, 0.29) is 24.6 Å². The molecule has 3 aliphatic rings. The molecule has 1 atom stereocenters. The van der Waals surface area contributed by atoms with Gasteiger partial charge in [0, 0.05) is 50.3 Å². The van der Waals surface area contributed by atoms with Gasteiger partial charge in [0.2, 0.25) is 17.7 Å². The van der Waals surface area contributed by atoms with E-state index in [0.717, 1.165) is 0 Å². The highest BCUT2D eigenvalue weighted by atomic mass is 16.6. The number of urea groups is 1. The predicted molar refractivity (Wildman–Crippen MR) is 98.9 cm³/mol. The first-order valence-corrected chi connectivity index (χ1v) is 9.26. The van der Waals surface area contributed by atoms with Crippen LogP contribution in [0.5, 0.6) is 0 Å². The average molecular weight is 401 g/mol. The van der Waals surface area contributed by atoms with Crippen LogP contribution in [0.15, 0.2) is 18.2 Å². The normalized spacial score (nSPS) is 22.5. The predicted octanol–water partition coefficient (Wildman–Crippen LogP) is -0.0695. The van der Waals surface area contributed by atoms with E-state index < -0.39 is 34.2 Å². The molecule has 11 nitrogen and oxygen atoms in total. The number of imide groups is 2. The van der Waals surface area contributed by atoms with Crippen LogP contribution >= 0.6 is 0 Å². The van der Waals surface area contributed by atoms with Crippen LogP contribution in [0, 0.1) is 15.5 Å². The third-order valence-corrected chi connectivity index (χ3v) is 5.92. The molecule has 1 spiro atoms. The number of rotatable bonds is 2. The van der Waals surface area contributed by atoms with Gasteiger partial charge in [-0.1, -0.05) is 6.92 Å². The van der Waals surface area contributed by atoms with Crippen molar-refractivity contribution in [1.29, 1.82) is 0 Å². The Bertz CT molecular complexity index is 940. The number of nitro benzene ring substituents is 1. The van der Waals surface area contributed by atoms with E-state index in [9.17, 15) is 29.3 Å². The summed E-state index contributed by atoms with van der Waals surface area (Å²) in [6.45, 7) is 2.63. The molecule has 0 aliphatic carbocycles. The number of carbonyl (C=O) groups excluding carboxylic acids is 4. The second kappa shape index (κ2) is 6.54. The molecule has 0 bridgehead atoms. The molecule has 3 heterocycles. The van der Waals surface area contributed by atoms with Gasteiger partial charge in [-0.25, -0.2) is 4.79 Å². The summed E-state index contributed by atoms with van der Waals surface area (Å²) in [6.07, 6.45) is 0.184. The molecule has 0 unspecified atom stereocenters. The van der Waals surface area contributed by atoms with Crippen LogP contribution < -0.4 is 15.5 Å². The minimum absolute atomic E-state index is 0.0954. The number of nitrogens with one attached hydrogen (secondary N) is 2. The summed E-state index contributed by atoms with van der Waals surface area (Å²) in [7, 11) is 0. The molecule has 4 rings (SSSR count). The van der Waals surface area contributed by atoms with Crippen molar-refractivity contribution in [2.75, 3.05) is 24.5 Å². The summed E-state index contributed by atoms with van der Waals surface area (Å²) < 4.78 is 0. The number of piperazine rings is 1. The van der Waals surface area contributed by atoms with E-state index in [0.29, 0.717) is 30.8 Å². The van der Waals surface area contributed by atoms with Crippen LogP contribution in [0.1, 0.15) is 18.9 Å². The van der Waals surface area contributed by atoms with Gasteiger partial charge in [-0.2, -0.15) is 0 Å². The molecule has 1 aromatic carbocycles. The van der Waals surface area contributed by atoms with Crippen molar-refractivity contribution < 1.29 is 24.1 Å². The smallest absolute Gasteiger partial charge is 0.328 e. The molecule has 11 heteroatoms. The number of fused-ring (bicyclic) bond motifs is 4. The Morgan fingerprint density at radius 3 is 2.55 bits per heavy atom. The molecule has 1 aromatic rings. The van der Waals surface area contributed by atoms with Crippen molar-refractivity contribution in [2.24, 2.45) is 5.41 Å². The SMILES string of the molecule is CCC(=O)N1CCN2c3ccc([N+](=O)[O-])cc3CC3(C(=O)NC(=O)NC3=O)[C@@H]2C1. The van der Waals surface area contributed by atoms with Gasteiger partial charge in [0.1, 0.15) is 0 Å². The van der Waals surface area contributed by atoms with E-state index in [1.807, 2.05) is 4.90 Å². The van der Waals surface area contributed by atoms with Crippen LogP contribution in [0.3, 0.4) is 0 Å². The maximum Gasteiger partial charge on any atom is 0.328 e. The number of benzene rings is 1. The van der Waals surface area contributed by atoms with E-state index in [1.54, 1.807) is 17.9 Å². The second-order valence-electron chi connectivity index (χ2n) is 7.36. The third-order valence-electron chi connectivity index (χ3n) is 5.92. The maximum absolute atomic E-state index is 13.0. The number of amides is 5. The van der Waals surface area contributed by atoms with Crippen molar-refractivity contribution in [3.05, 3.63) is 33.9 Å². The highest BCUT2D eigenvalue weighted by molar-refractivity contribution is 6.20. The molecule has 29 heavy (non-hydrogen) atoms. The molecule has 152 valence electrons. The van der Waals surface area contributed by atoms with Crippen molar-refractivity contribution in [2.45, 2.75) is 25.8 Å². The first kappa shape index (κ1) is 18.8. The van der Waals surface area contributed by atoms with Gasteiger partial charge in [-0.05, 0) is 11.6 Å². The highest BCUT2D eigenvalue weighted by Crippen LogP contribution is 2.45. The fraction of sp³-hybridized carbons (Fsp3) is 0.444. The number of carbonyl (C=O) groups is 4. The lowest BCUT2D eigenvalue weighted by Crippen LogP contribution is -2.74. The number of barbiturate groups is 1. The van der Waals surface area contributed by atoms with Crippen LogP contribution in [-0.4, -0.2) is 59.3 Å². The highest BCUT2D eigenvalue weighted by Gasteiger charge is 2.61. The van der Waals surface area contributed by atoms with Gasteiger partial charge >= 0.3 is 6.03 Å². The summed E-state index contributed by atoms with van der Waals surface area (Å²) in [4.78, 5) is 64.0. The first-order chi connectivity index (χ1) is 13.8. The van der Waals surface area contributed by atoms with E-state index in [1.165, 1.54) is 12.1 Å². The molecule has 2 fully saturated rings. The lowest BCUT2D eigenvalue weighted by Gasteiger charge is -2.54. The number of nitrogens with zero attached hydrogens (tertiary/aromatic N) is 3. The van der Waals surface area contributed by atoms with Gasteiger partial charge in [0.05, 0.1) is 11.0 Å². The molecule has 3 aliphatic heterocycles. The number of anilines is 1. The van der Waals surface area contributed by atoms with Gasteiger partial charge in [-0.15, -0.1) is 0 Å². The third kappa shape index (κ3) is 2.72. The van der Waals surface area contributed by atoms with Crippen molar-refractivity contribution in [1.82, 2.24) is 15.5 Å². The summed E-state index contributed by atoms with van der Waals surface area (Å²) in [6, 6.07) is 2.73. The Morgan fingerprint density at radius 2 is 1.93 bits per heavy atom. The number of non-ortho nitro benzene ring substituents is 1. The average Bonchev–Trinajstić information content (AvgIpc) is 2.70. The molecular formula is C18H19N5O6. The maximum atomic E-state index is 13.0. The van der Waals surface area contributed by atoms with Gasteiger partial charge in [-0.3, -0.25) is 35.1 Å². The Morgan fingerprint density at radius 1 is 1.24 bits per heavy atom. The van der Waals surface area contributed by atoms with Crippen LogP contribution in [-0.2, 0) is 20.8 Å². The van der Waals surface area contributed by atoms with Crippen molar-refractivity contribution in [3.63, 3.8) is 0 Å². The summed E-state index contributed by atoms with van der Waals surface area (Å²) in [5.41, 5.74) is -0.662. The topological polar surface area (TPSA) is 142 Å². The molecule has 2 N–H and O–H groups in total. The first-order valence-electron chi connectivity index (χ1n) is 9.26. The largest absolute Gasteiger partial charge is 0.363 e. The Balaban J connectivity index is 1.85. The monoisotopic (exact) mass is 401 g/mol. The summed E-state index contributed by atoms with van der Waals surface area (Å²) >= 11 is 0. The van der Waals surface area contributed by atoms with Crippen molar-refractivity contribution >= 4 is 35.1 Å². The van der Waals surface area contributed by atoms with Gasteiger partial charge < -0.3 is 9.80 Å².